The van der Waals surface area contributed by atoms with E-state index in [1.165, 1.54) is 4.88 Å². The number of rotatable bonds is 5. The van der Waals surface area contributed by atoms with Crippen LogP contribution >= 0.6 is 27.3 Å². The number of nitrogens with zero attached hydrogens (tertiary/aromatic N) is 1. The molecule has 2 N–H and O–H groups in total. The largest absolute Gasteiger partial charge is 0.485 e. The lowest BCUT2D eigenvalue weighted by atomic mass is 10.3. The molecule has 90 valence electrons. The highest BCUT2D eigenvalue weighted by Crippen LogP contribution is 2.25. The fraction of sp³-hybridized carbons (Fsp3) is 0.250. The van der Waals surface area contributed by atoms with Crippen LogP contribution in [0.5, 0.6) is 5.75 Å². The van der Waals surface area contributed by atoms with Gasteiger partial charge in [-0.15, -0.1) is 11.3 Å². The highest BCUT2D eigenvalue weighted by Gasteiger charge is 2.04. The molecule has 1 aromatic heterocycles. The van der Waals surface area contributed by atoms with Crippen LogP contribution in [0.1, 0.15) is 9.88 Å². The fourth-order valence-corrected chi connectivity index (χ4v) is 2.62. The minimum absolute atomic E-state index is 0.498. The third-order valence-corrected chi connectivity index (χ3v) is 3.87. The van der Waals surface area contributed by atoms with Crippen LogP contribution in [0.3, 0.4) is 0 Å². The molecule has 3 nitrogen and oxygen atoms in total. The van der Waals surface area contributed by atoms with Crippen molar-refractivity contribution in [1.82, 2.24) is 4.98 Å². The summed E-state index contributed by atoms with van der Waals surface area (Å²) in [6.45, 7) is 1.16. The van der Waals surface area contributed by atoms with Crippen LogP contribution in [-0.4, -0.2) is 11.5 Å². The van der Waals surface area contributed by atoms with Gasteiger partial charge in [-0.3, -0.25) is 0 Å². The Labute approximate surface area is 113 Å². The molecule has 0 spiro atoms. The number of benzene rings is 1. The Bertz CT molecular complexity index is 487. The van der Waals surface area contributed by atoms with Crippen LogP contribution in [0.25, 0.3) is 0 Å². The number of para-hydroxylation sites is 1. The second kappa shape index (κ2) is 6.14. The summed E-state index contributed by atoms with van der Waals surface area (Å²) < 4.78 is 6.64. The third-order valence-electron chi connectivity index (χ3n) is 2.18. The van der Waals surface area contributed by atoms with Gasteiger partial charge in [0.25, 0.3) is 0 Å². The van der Waals surface area contributed by atoms with E-state index < -0.39 is 0 Å². The maximum Gasteiger partial charge on any atom is 0.140 e. The number of aromatic nitrogens is 1. The Morgan fingerprint density at radius 2 is 2.18 bits per heavy atom. The van der Waals surface area contributed by atoms with Crippen LogP contribution in [0.4, 0.5) is 0 Å². The van der Waals surface area contributed by atoms with Crippen molar-refractivity contribution < 1.29 is 4.74 Å². The van der Waals surface area contributed by atoms with Gasteiger partial charge < -0.3 is 10.5 Å². The zero-order valence-corrected chi connectivity index (χ0v) is 11.6. The van der Waals surface area contributed by atoms with Crippen molar-refractivity contribution in [3.63, 3.8) is 0 Å². The molecule has 1 aromatic carbocycles. The zero-order chi connectivity index (χ0) is 12.1. The van der Waals surface area contributed by atoms with Gasteiger partial charge in [-0.1, -0.05) is 12.1 Å². The Kier molecular flexibility index (Phi) is 4.53. The van der Waals surface area contributed by atoms with E-state index in [2.05, 4.69) is 20.9 Å². The second-order valence-corrected chi connectivity index (χ2v) is 5.53. The summed E-state index contributed by atoms with van der Waals surface area (Å²) in [4.78, 5) is 5.51. The Morgan fingerprint density at radius 3 is 2.94 bits per heavy atom. The normalized spacial score (nSPS) is 10.5. The quantitative estimate of drug-likeness (QED) is 0.923. The van der Waals surface area contributed by atoms with Crippen LogP contribution in [0, 0.1) is 0 Å². The van der Waals surface area contributed by atoms with Gasteiger partial charge in [0.2, 0.25) is 0 Å². The lowest BCUT2D eigenvalue weighted by molar-refractivity contribution is 0.303. The van der Waals surface area contributed by atoms with Gasteiger partial charge in [-0.25, -0.2) is 4.98 Å². The van der Waals surface area contributed by atoms with Gasteiger partial charge in [0.15, 0.2) is 0 Å². The number of ether oxygens (including phenoxy) is 1. The smallest absolute Gasteiger partial charge is 0.140 e. The van der Waals surface area contributed by atoms with Crippen molar-refractivity contribution in [3.8, 4) is 5.75 Å². The minimum atomic E-state index is 0.498. The van der Waals surface area contributed by atoms with Crippen LogP contribution < -0.4 is 10.5 Å². The first-order valence-electron chi connectivity index (χ1n) is 5.30. The van der Waals surface area contributed by atoms with Gasteiger partial charge in [-0.05, 0) is 41.0 Å². The molecule has 0 unspecified atom stereocenters. The Hall–Kier alpha value is -0.910. The minimum Gasteiger partial charge on any atom is -0.485 e. The summed E-state index contributed by atoms with van der Waals surface area (Å²) >= 11 is 5.09. The molecular formula is C12H13BrN2OS. The average molecular weight is 313 g/mol. The molecule has 0 aliphatic carbocycles. The van der Waals surface area contributed by atoms with E-state index in [-0.39, 0.29) is 0 Å². The predicted molar refractivity (Wildman–Crippen MR) is 73.3 cm³/mol. The topological polar surface area (TPSA) is 48.1 Å². The molecule has 0 aliphatic heterocycles. The molecule has 2 rings (SSSR count). The maximum absolute atomic E-state index is 5.68. The summed E-state index contributed by atoms with van der Waals surface area (Å²) in [5.41, 5.74) is 5.50. The predicted octanol–water partition coefficient (Wildman–Crippen LogP) is 2.99. The summed E-state index contributed by atoms with van der Waals surface area (Å²) in [5.74, 6) is 0.836. The second-order valence-electron chi connectivity index (χ2n) is 3.48. The first-order chi connectivity index (χ1) is 8.29. The van der Waals surface area contributed by atoms with Crippen LogP contribution in [0.2, 0.25) is 0 Å². The van der Waals surface area contributed by atoms with Gasteiger partial charge in [0, 0.05) is 11.1 Å². The van der Waals surface area contributed by atoms with Crippen LogP contribution in [-0.2, 0) is 13.0 Å². The van der Waals surface area contributed by atoms with Crippen molar-refractivity contribution in [3.05, 3.63) is 44.8 Å². The lowest BCUT2D eigenvalue weighted by Gasteiger charge is -2.05. The van der Waals surface area contributed by atoms with Crippen molar-refractivity contribution in [2.24, 2.45) is 5.73 Å². The molecule has 5 heteroatoms. The van der Waals surface area contributed by atoms with E-state index in [4.69, 9.17) is 10.5 Å². The van der Waals surface area contributed by atoms with Crippen molar-refractivity contribution in [2.45, 2.75) is 13.0 Å². The van der Waals surface area contributed by atoms with Crippen molar-refractivity contribution in [1.29, 1.82) is 0 Å². The molecule has 0 fully saturated rings. The van der Waals surface area contributed by atoms with E-state index in [0.29, 0.717) is 13.2 Å². The highest BCUT2D eigenvalue weighted by molar-refractivity contribution is 9.10. The first-order valence-corrected chi connectivity index (χ1v) is 6.91. The molecule has 0 atom stereocenters. The molecule has 0 amide bonds. The standard InChI is InChI=1S/C12H13BrN2OS/c13-10-3-1-2-4-11(10)16-8-12-15-7-9(17-12)5-6-14/h1-4,7H,5-6,8,14H2. The average Bonchev–Trinajstić information content (AvgIpc) is 2.76. The number of hydrogen-bond donors (Lipinski definition) is 1. The number of thiazole rings is 1. The number of halogens is 1. The summed E-state index contributed by atoms with van der Waals surface area (Å²) in [6.07, 6.45) is 2.75. The monoisotopic (exact) mass is 312 g/mol. The molecular weight excluding hydrogens is 300 g/mol. The van der Waals surface area contributed by atoms with E-state index in [1.807, 2.05) is 30.5 Å². The molecule has 0 saturated heterocycles. The zero-order valence-electron chi connectivity index (χ0n) is 9.23. The van der Waals surface area contributed by atoms with Gasteiger partial charge in [0.1, 0.15) is 17.4 Å². The van der Waals surface area contributed by atoms with Gasteiger partial charge >= 0.3 is 0 Å². The van der Waals surface area contributed by atoms with E-state index in [0.717, 1.165) is 21.7 Å². The fourth-order valence-electron chi connectivity index (χ4n) is 1.37. The summed E-state index contributed by atoms with van der Waals surface area (Å²) in [7, 11) is 0. The first kappa shape index (κ1) is 12.5. The molecule has 0 saturated carbocycles. The summed E-state index contributed by atoms with van der Waals surface area (Å²) in [6, 6.07) is 7.79. The molecule has 17 heavy (non-hydrogen) atoms. The van der Waals surface area contributed by atoms with Crippen LogP contribution in [0.15, 0.2) is 34.9 Å². The lowest BCUT2D eigenvalue weighted by Crippen LogP contribution is -2.00. The maximum atomic E-state index is 5.68. The van der Waals surface area contributed by atoms with Crippen molar-refractivity contribution >= 4 is 27.3 Å². The number of hydrogen-bond acceptors (Lipinski definition) is 4. The molecule has 0 aliphatic rings. The highest BCUT2D eigenvalue weighted by atomic mass is 79.9. The Morgan fingerprint density at radius 1 is 1.35 bits per heavy atom. The van der Waals surface area contributed by atoms with E-state index >= 15 is 0 Å². The SMILES string of the molecule is NCCc1cnc(COc2ccccc2Br)s1. The van der Waals surface area contributed by atoms with E-state index in [9.17, 15) is 0 Å². The van der Waals surface area contributed by atoms with Gasteiger partial charge in [-0.2, -0.15) is 0 Å². The molecule has 0 radical (unpaired) electrons. The Balaban J connectivity index is 1.95. The third kappa shape index (κ3) is 3.52. The number of nitrogens with two attached hydrogens (primary N) is 1. The van der Waals surface area contributed by atoms with E-state index in [1.54, 1.807) is 11.3 Å². The van der Waals surface area contributed by atoms with Gasteiger partial charge in [0.05, 0.1) is 4.47 Å². The van der Waals surface area contributed by atoms with Crippen molar-refractivity contribution in [2.75, 3.05) is 6.54 Å². The molecule has 0 bridgehead atoms. The summed E-state index contributed by atoms with van der Waals surface area (Å²) in [5, 5.41) is 0.976. The molecule has 1 heterocycles. The molecule has 2 aromatic rings.